The fourth-order valence-corrected chi connectivity index (χ4v) is 2.52. The maximum atomic E-state index is 11.2. The number of benzene rings is 2. The summed E-state index contributed by atoms with van der Waals surface area (Å²) in [5.74, 6) is 0.709. The topological polar surface area (TPSA) is 128 Å². The van der Waals surface area contributed by atoms with Gasteiger partial charge in [0.2, 0.25) is 0 Å². The SMILES string of the molecule is CN(C)C(=O)Oc1ccc(N)c(Br)c1.CN(C)C(=O)Oc1ccc([N+](=O)[O-])c(Br)c1. The van der Waals surface area contributed by atoms with Gasteiger partial charge in [-0.2, -0.15) is 0 Å². The summed E-state index contributed by atoms with van der Waals surface area (Å²) in [4.78, 5) is 35.0. The zero-order valence-electron chi connectivity index (χ0n) is 16.6. The molecule has 10 nitrogen and oxygen atoms in total. The summed E-state index contributed by atoms with van der Waals surface area (Å²) in [6.45, 7) is 0. The second-order valence-corrected chi connectivity index (χ2v) is 7.79. The third-order valence-electron chi connectivity index (χ3n) is 3.23. The molecule has 12 heteroatoms. The van der Waals surface area contributed by atoms with E-state index in [2.05, 4.69) is 31.9 Å². The molecule has 0 unspecified atom stereocenters. The van der Waals surface area contributed by atoms with Crippen molar-refractivity contribution in [3.63, 3.8) is 0 Å². The van der Waals surface area contributed by atoms with Gasteiger partial charge in [0.25, 0.3) is 5.69 Å². The molecule has 0 aliphatic heterocycles. The molecule has 2 aromatic carbocycles. The molecular weight excluding hydrogens is 528 g/mol. The van der Waals surface area contributed by atoms with Gasteiger partial charge in [0, 0.05) is 50.5 Å². The number of carbonyl (C=O) groups is 2. The maximum absolute atomic E-state index is 11.2. The van der Waals surface area contributed by atoms with Crippen molar-refractivity contribution in [2.75, 3.05) is 33.9 Å². The van der Waals surface area contributed by atoms with Crippen LogP contribution in [0.25, 0.3) is 0 Å². The summed E-state index contributed by atoms with van der Waals surface area (Å²) < 4.78 is 10.9. The van der Waals surface area contributed by atoms with E-state index in [1.165, 1.54) is 28.0 Å². The van der Waals surface area contributed by atoms with Gasteiger partial charge in [-0.05, 0) is 56.1 Å². The van der Waals surface area contributed by atoms with Gasteiger partial charge in [0.05, 0.1) is 9.40 Å². The fourth-order valence-electron chi connectivity index (χ4n) is 1.65. The van der Waals surface area contributed by atoms with Gasteiger partial charge in [0.1, 0.15) is 11.5 Å². The minimum Gasteiger partial charge on any atom is -0.410 e. The number of nitrogens with zero attached hydrogens (tertiary/aromatic N) is 3. The van der Waals surface area contributed by atoms with Gasteiger partial charge in [-0.3, -0.25) is 10.1 Å². The number of hydrogen-bond acceptors (Lipinski definition) is 7. The first-order chi connectivity index (χ1) is 13.9. The Balaban J connectivity index is 0.000000303. The third kappa shape index (κ3) is 7.87. The summed E-state index contributed by atoms with van der Waals surface area (Å²) in [7, 11) is 6.33. The van der Waals surface area contributed by atoms with E-state index in [0.717, 1.165) is 0 Å². The molecule has 2 N–H and O–H groups in total. The first kappa shape index (κ1) is 25.2. The Kier molecular flexibility index (Phi) is 9.53. The van der Waals surface area contributed by atoms with Crippen molar-refractivity contribution in [2.24, 2.45) is 0 Å². The standard InChI is InChI=1S/C9H9BrN2O4.C9H11BrN2O2/c1-11(2)9(13)16-6-3-4-8(12(14)15)7(10)5-6;1-12(2)9(13)14-6-3-4-8(11)7(10)5-6/h3-5H,1-2H3;3-5H,11H2,1-2H3. The van der Waals surface area contributed by atoms with E-state index in [1.54, 1.807) is 46.4 Å². The van der Waals surface area contributed by atoms with Crippen LogP contribution in [0.5, 0.6) is 11.5 Å². The number of carbonyl (C=O) groups excluding carboxylic acids is 2. The lowest BCUT2D eigenvalue weighted by molar-refractivity contribution is -0.385. The molecule has 0 aliphatic carbocycles. The molecular formula is C18H20Br2N4O6. The Morgan fingerprint density at radius 1 is 0.900 bits per heavy atom. The van der Waals surface area contributed by atoms with Crippen LogP contribution in [0.1, 0.15) is 0 Å². The predicted molar refractivity (Wildman–Crippen MR) is 119 cm³/mol. The molecule has 30 heavy (non-hydrogen) atoms. The number of rotatable bonds is 3. The van der Waals surface area contributed by atoms with Crippen LogP contribution in [0.3, 0.4) is 0 Å². The Morgan fingerprint density at radius 3 is 1.70 bits per heavy atom. The van der Waals surface area contributed by atoms with Crippen molar-refractivity contribution in [2.45, 2.75) is 0 Å². The average Bonchev–Trinajstić information content (AvgIpc) is 2.64. The Morgan fingerprint density at radius 2 is 1.33 bits per heavy atom. The van der Waals surface area contributed by atoms with E-state index in [4.69, 9.17) is 15.2 Å². The lowest BCUT2D eigenvalue weighted by Crippen LogP contribution is -2.25. The second-order valence-electron chi connectivity index (χ2n) is 6.08. The average molecular weight is 548 g/mol. The monoisotopic (exact) mass is 546 g/mol. The Hall–Kier alpha value is -2.86. The molecule has 0 atom stereocenters. The minimum atomic E-state index is -0.541. The van der Waals surface area contributed by atoms with E-state index in [-0.39, 0.29) is 15.9 Å². The number of nitro benzene ring substituents is 1. The molecule has 0 spiro atoms. The van der Waals surface area contributed by atoms with E-state index in [1.807, 2.05) is 0 Å². The molecule has 162 valence electrons. The molecule has 0 aromatic heterocycles. The molecule has 0 aliphatic rings. The zero-order chi connectivity index (χ0) is 23.0. The predicted octanol–water partition coefficient (Wildman–Crippen LogP) is 4.51. The maximum Gasteiger partial charge on any atom is 0.414 e. The molecule has 2 aromatic rings. The normalized spacial score (nSPS) is 9.67. The molecule has 2 amide bonds. The van der Waals surface area contributed by atoms with Gasteiger partial charge in [-0.15, -0.1) is 0 Å². The number of anilines is 1. The van der Waals surface area contributed by atoms with Gasteiger partial charge in [-0.25, -0.2) is 9.59 Å². The lowest BCUT2D eigenvalue weighted by Gasteiger charge is -2.11. The summed E-state index contributed by atoms with van der Waals surface area (Å²) >= 11 is 6.27. The molecule has 0 bridgehead atoms. The highest BCUT2D eigenvalue weighted by Gasteiger charge is 2.14. The van der Waals surface area contributed by atoms with Crippen molar-refractivity contribution in [1.82, 2.24) is 9.80 Å². The van der Waals surface area contributed by atoms with Crippen LogP contribution in [0.15, 0.2) is 45.3 Å². The van der Waals surface area contributed by atoms with Crippen LogP contribution < -0.4 is 15.2 Å². The van der Waals surface area contributed by atoms with E-state index in [0.29, 0.717) is 15.9 Å². The largest absolute Gasteiger partial charge is 0.414 e. The van der Waals surface area contributed by atoms with Crippen molar-refractivity contribution >= 4 is 55.4 Å². The summed E-state index contributed by atoms with van der Waals surface area (Å²) in [6, 6.07) is 8.97. The molecule has 0 radical (unpaired) electrons. The third-order valence-corrected chi connectivity index (χ3v) is 4.55. The molecule has 0 fully saturated rings. The van der Waals surface area contributed by atoms with Gasteiger partial charge >= 0.3 is 12.2 Å². The Bertz CT molecular complexity index is 937. The number of amides is 2. The number of nitro groups is 1. The van der Waals surface area contributed by atoms with Crippen LogP contribution in [-0.2, 0) is 0 Å². The van der Waals surface area contributed by atoms with E-state index < -0.39 is 17.1 Å². The van der Waals surface area contributed by atoms with Crippen molar-refractivity contribution in [1.29, 1.82) is 0 Å². The quantitative estimate of drug-likeness (QED) is 0.340. The van der Waals surface area contributed by atoms with Gasteiger partial charge in [0.15, 0.2) is 0 Å². The summed E-state index contributed by atoms with van der Waals surface area (Å²) in [5.41, 5.74) is 6.11. The highest BCUT2D eigenvalue weighted by Crippen LogP contribution is 2.29. The number of halogens is 2. The van der Waals surface area contributed by atoms with Crippen LogP contribution in [-0.4, -0.2) is 55.1 Å². The van der Waals surface area contributed by atoms with E-state index >= 15 is 0 Å². The summed E-state index contributed by atoms with van der Waals surface area (Å²) in [6.07, 6.45) is -0.956. The first-order valence-corrected chi connectivity index (χ1v) is 9.78. The number of hydrogen-bond donors (Lipinski definition) is 1. The van der Waals surface area contributed by atoms with Crippen LogP contribution in [0, 0.1) is 10.1 Å². The van der Waals surface area contributed by atoms with Crippen LogP contribution >= 0.6 is 31.9 Å². The van der Waals surface area contributed by atoms with Gasteiger partial charge < -0.3 is 25.0 Å². The zero-order valence-corrected chi connectivity index (χ0v) is 19.8. The minimum absolute atomic E-state index is 0.0790. The van der Waals surface area contributed by atoms with Crippen molar-refractivity contribution in [3.8, 4) is 11.5 Å². The summed E-state index contributed by atoms with van der Waals surface area (Å²) in [5, 5.41) is 10.5. The highest BCUT2D eigenvalue weighted by molar-refractivity contribution is 9.11. The van der Waals surface area contributed by atoms with E-state index in [9.17, 15) is 19.7 Å². The molecule has 0 saturated heterocycles. The Labute approximate surface area is 189 Å². The van der Waals surface area contributed by atoms with Gasteiger partial charge in [-0.1, -0.05) is 0 Å². The van der Waals surface area contributed by atoms with Crippen molar-refractivity contribution in [3.05, 3.63) is 55.5 Å². The first-order valence-electron chi connectivity index (χ1n) is 8.19. The number of nitrogens with two attached hydrogens (primary N) is 1. The fraction of sp³-hybridized carbons (Fsp3) is 0.222. The molecule has 0 saturated carbocycles. The lowest BCUT2D eigenvalue weighted by atomic mass is 10.3. The number of nitrogen functional groups attached to an aromatic ring is 1. The smallest absolute Gasteiger partial charge is 0.410 e. The molecule has 0 heterocycles. The number of ether oxygens (including phenoxy) is 2. The highest BCUT2D eigenvalue weighted by atomic mass is 79.9. The molecule has 2 rings (SSSR count). The van der Waals surface area contributed by atoms with Crippen molar-refractivity contribution < 1.29 is 24.0 Å². The second kappa shape index (κ2) is 11.4. The van der Waals surface area contributed by atoms with Crippen LogP contribution in [0.4, 0.5) is 21.0 Å². The van der Waals surface area contributed by atoms with Crippen LogP contribution in [0.2, 0.25) is 0 Å².